The van der Waals surface area contributed by atoms with Crippen LogP contribution in [0.25, 0.3) is 10.9 Å². The molecule has 4 rings (SSSR count). The van der Waals surface area contributed by atoms with E-state index in [-0.39, 0.29) is 21.9 Å². The highest BCUT2D eigenvalue weighted by Gasteiger charge is 2.21. The molecule has 0 N–H and O–H groups in total. The maximum atomic E-state index is 14.0. The van der Waals surface area contributed by atoms with Crippen LogP contribution in [0.2, 0.25) is 5.02 Å². The van der Waals surface area contributed by atoms with Crippen LogP contribution in [-0.4, -0.2) is 23.4 Å². The molecule has 0 spiro atoms. The predicted molar refractivity (Wildman–Crippen MR) is 116 cm³/mol. The van der Waals surface area contributed by atoms with Crippen LogP contribution >= 0.6 is 27.5 Å². The van der Waals surface area contributed by atoms with E-state index in [0.717, 1.165) is 8.56 Å². The SMILES string of the molecule is O=C(Cc1ccc2cnn(S(=O)(=O)c3ccc(Br)cc3)c2c1)c1c(F)cccc1Cl. The van der Waals surface area contributed by atoms with Crippen molar-refractivity contribution in [3.63, 3.8) is 0 Å². The van der Waals surface area contributed by atoms with Crippen LogP contribution in [0.1, 0.15) is 15.9 Å². The van der Waals surface area contributed by atoms with E-state index in [1.807, 2.05) is 0 Å². The summed E-state index contributed by atoms with van der Waals surface area (Å²) >= 11 is 9.25. The molecule has 0 aliphatic heterocycles. The standard InChI is InChI=1S/C21H13BrClFN2O3S/c22-15-6-8-16(9-7-15)30(28,29)26-19-10-13(4-5-14(19)12-25-26)11-20(27)21-17(23)2-1-3-18(21)24/h1-10,12H,11H2. The zero-order valence-corrected chi connectivity index (χ0v) is 18.4. The first-order valence-corrected chi connectivity index (χ1v) is 11.3. The average molecular weight is 508 g/mol. The second-order valence-electron chi connectivity index (χ2n) is 6.54. The zero-order chi connectivity index (χ0) is 21.5. The highest BCUT2D eigenvalue weighted by atomic mass is 79.9. The Morgan fingerprint density at radius 1 is 1.10 bits per heavy atom. The van der Waals surface area contributed by atoms with Gasteiger partial charge in [-0.25, -0.2) is 4.39 Å². The summed E-state index contributed by atoms with van der Waals surface area (Å²) in [4.78, 5) is 12.7. The average Bonchev–Trinajstić information content (AvgIpc) is 3.12. The minimum atomic E-state index is -3.93. The third kappa shape index (κ3) is 3.78. The molecule has 30 heavy (non-hydrogen) atoms. The Balaban J connectivity index is 1.73. The van der Waals surface area contributed by atoms with Crippen LogP contribution in [-0.2, 0) is 16.4 Å². The minimum absolute atomic E-state index is 0.0314. The van der Waals surface area contributed by atoms with Crippen molar-refractivity contribution in [3.05, 3.63) is 93.3 Å². The van der Waals surface area contributed by atoms with E-state index in [1.165, 1.54) is 36.5 Å². The normalized spacial score (nSPS) is 11.7. The van der Waals surface area contributed by atoms with Crippen molar-refractivity contribution in [3.8, 4) is 0 Å². The number of ketones is 1. The monoisotopic (exact) mass is 506 g/mol. The number of rotatable bonds is 5. The highest BCUT2D eigenvalue weighted by molar-refractivity contribution is 9.10. The Morgan fingerprint density at radius 3 is 2.53 bits per heavy atom. The number of carbonyl (C=O) groups is 1. The fourth-order valence-corrected chi connectivity index (χ4v) is 4.89. The predicted octanol–water partition coefficient (Wildman–Crippen LogP) is 5.25. The number of carbonyl (C=O) groups excluding carboxylic acids is 1. The van der Waals surface area contributed by atoms with Crippen molar-refractivity contribution in [1.82, 2.24) is 9.19 Å². The van der Waals surface area contributed by atoms with Gasteiger partial charge in [-0.3, -0.25) is 4.79 Å². The third-order valence-electron chi connectivity index (χ3n) is 4.55. The second kappa shape index (κ2) is 7.94. The van der Waals surface area contributed by atoms with Crippen molar-refractivity contribution in [2.45, 2.75) is 11.3 Å². The van der Waals surface area contributed by atoms with Gasteiger partial charge in [0, 0.05) is 16.3 Å². The van der Waals surface area contributed by atoms with Gasteiger partial charge in [0.1, 0.15) is 5.82 Å². The van der Waals surface area contributed by atoms with Gasteiger partial charge in [-0.1, -0.05) is 45.7 Å². The van der Waals surface area contributed by atoms with Crippen molar-refractivity contribution in [2.75, 3.05) is 0 Å². The lowest BCUT2D eigenvalue weighted by molar-refractivity contribution is 0.0989. The molecule has 0 amide bonds. The Kier molecular flexibility index (Phi) is 5.48. The van der Waals surface area contributed by atoms with Crippen molar-refractivity contribution >= 4 is 54.2 Å². The van der Waals surface area contributed by atoms with Gasteiger partial charge in [0.15, 0.2) is 5.78 Å². The third-order valence-corrected chi connectivity index (χ3v) is 7.01. The topological polar surface area (TPSA) is 69.0 Å². The Bertz CT molecular complexity index is 1370. The van der Waals surface area contributed by atoms with E-state index in [0.29, 0.717) is 16.5 Å². The summed E-state index contributed by atoms with van der Waals surface area (Å²) in [5, 5.41) is 4.65. The summed E-state index contributed by atoms with van der Waals surface area (Å²) in [6.07, 6.45) is 1.30. The number of benzene rings is 3. The summed E-state index contributed by atoms with van der Waals surface area (Å²) < 4.78 is 41.7. The summed E-state index contributed by atoms with van der Waals surface area (Å²) in [5.41, 5.74) is 0.651. The first-order valence-electron chi connectivity index (χ1n) is 8.72. The van der Waals surface area contributed by atoms with Crippen LogP contribution in [0.5, 0.6) is 0 Å². The molecular weight excluding hydrogens is 495 g/mol. The van der Waals surface area contributed by atoms with Crippen LogP contribution < -0.4 is 0 Å². The van der Waals surface area contributed by atoms with Gasteiger partial charge in [-0.2, -0.15) is 17.6 Å². The summed E-state index contributed by atoms with van der Waals surface area (Å²) in [7, 11) is -3.93. The van der Waals surface area contributed by atoms with E-state index < -0.39 is 21.6 Å². The molecule has 0 saturated heterocycles. The molecule has 0 atom stereocenters. The van der Waals surface area contributed by atoms with Crippen LogP contribution in [0.3, 0.4) is 0 Å². The summed E-state index contributed by atoms with van der Waals surface area (Å²) in [6, 6.07) is 15.1. The van der Waals surface area contributed by atoms with Crippen LogP contribution in [0.15, 0.2) is 76.2 Å². The number of fused-ring (bicyclic) bond motifs is 1. The summed E-state index contributed by atoms with van der Waals surface area (Å²) in [5.74, 6) is -1.20. The van der Waals surface area contributed by atoms with Crippen molar-refractivity contribution < 1.29 is 17.6 Å². The number of hydrogen-bond acceptors (Lipinski definition) is 4. The van der Waals surface area contributed by atoms with Gasteiger partial charge < -0.3 is 0 Å². The van der Waals surface area contributed by atoms with E-state index in [4.69, 9.17) is 11.6 Å². The molecule has 0 saturated carbocycles. The maximum Gasteiger partial charge on any atom is 0.283 e. The maximum absolute atomic E-state index is 14.0. The van der Waals surface area contributed by atoms with Crippen LogP contribution in [0.4, 0.5) is 4.39 Å². The van der Waals surface area contributed by atoms with Gasteiger partial charge in [-0.05, 0) is 48.0 Å². The Hall–Kier alpha value is -2.55. The van der Waals surface area contributed by atoms with Gasteiger partial charge in [0.25, 0.3) is 10.0 Å². The lowest BCUT2D eigenvalue weighted by atomic mass is 10.0. The van der Waals surface area contributed by atoms with E-state index >= 15 is 0 Å². The number of aromatic nitrogens is 2. The molecule has 0 unspecified atom stereocenters. The molecule has 0 aliphatic rings. The minimum Gasteiger partial charge on any atom is -0.294 e. The molecule has 3 aromatic carbocycles. The van der Waals surface area contributed by atoms with Crippen molar-refractivity contribution in [2.24, 2.45) is 0 Å². The van der Waals surface area contributed by atoms with Gasteiger partial charge in [-0.15, -0.1) is 0 Å². The van der Waals surface area contributed by atoms with Gasteiger partial charge in [0.2, 0.25) is 0 Å². The first-order chi connectivity index (χ1) is 14.3. The molecule has 0 radical (unpaired) electrons. The Labute approximate surface area is 185 Å². The highest BCUT2D eigenvalue weighted by Crippen LogP contribution is 2.25. The molecule has 1 aromatic heterocycles. The smallest absolute Gasteiger partial charge is 0.283 e. The number of Topliss-reactive ketones (excluding diaryl/α,β-unsaturated/α-hetero) is 1. The van der Waals surface area contributed by atoms with Crippen LogP contribution in [0, 0.1) is 5.82 Å². The first kappa shape index (κ1) is 20.7. The molecule has 1 heterocycles. The lowest BCUT2D eigenvalue weighted by Crippen LogP contribution is -2.14. The molecule has 4 aromatic rings. The number of nitrogens with zero attached hydrogens (tertiary/aromatic N) is 2. The second-order valence-corrected chi connectivity index (χ2v) is 9.63. The van der Waals surface area contributed by atoms with Crippen molar-refractivity contribution in [1.29, 1.82) is 0 Å². The van der Waals surface area contributed by atoms with E-state index in [9.17, 15) is 17.6 Å². The zero-order valence-electron chi connectivity index (χ0n) is 15.2. The quantitative estimate of drug-likeness (QED) is 0.346. The van der Waals surface area contributed by atoms with E-state index in [1.54, 1.807) is 30.3 Å². The Morgan fingerprint density at radius 2 is 1.83 bits per heavy atom. The lowest BCUT2D eigenvalue weighted by Gasteiger charge is -2.08. The van der Waals surface area contributed by atoms with Gasteiger partial charge >= 0.3 is 0 Å². The number of halogens is 3. The number of hydrogen-bond donors (Lipinski definition) is 0. The molecule has 0 fully saturated rings. The molecule has 0 aliphatic carbocycles. The molecular formula is C21H13BrClFN2O3S. The fourth-order valence-electron chi connectivity index (χ4n) is 3.09. The molecule has 5 nitrogen and oxygen atoms in total. The van der Waals surface area contributed by atoms with Gasteiger partial charge in [0.05, 0.1) is 27.2 Å². The molecule has 152 valence electrons. The molecule has 9 heteroatoms. The largest absolute Gasteiger partial charge is 0.294 e. The summed E-state index contributed by atoms with van der Waals surface area (Å²) in [6.45, 7) is 0. The van der Waals surface area contributed by atoms with E-state index in [2.05, 4.69) is 21.0 Å². The molecule has 0 bridgehead atoms. The fraction of sp³-hybridized carbons (Fsp3) is 0.0476.